The van der Waals surface area contributed by atoms with Crippen LogP contribution in [0.4, 0.5) is 0 Å². The summed E-state index contributed by atoms with van der Waals surface area (Å²) in [6.45, 7) is 14.1. The summed E-state index contributed by atoms with van der Waals surface area (Å²) in [5.74, 6) is 0. The minimum absolute atomic E-state index is 0.191. The fraction of sp³-hybridized carbons (Fsp3) is 0.556. The molecule has 2 aliphatic heterocycles. The zero-order valence-electron chi connectivity index (χ0n) is 14.6. The Morgan fingerprint density at radius 3 is 2.22 bits per heavy atom. The van der Waals surface area contributed by atoms with Gasteiger partial charge in [0.15, 0.2) is 8.32 Å². The van der Waals surface area contributed by atoms with Crippen molar-refractivity contribution in [1.29, 1.82) is 0 Å². The molecule has 3 rings (SSSR count). The number of hydrogen-bond acceptors (Lipinski definition) is 2. The van der Waals surface area contributed by atoms with Gasteiger partial charge in [-0.2, -0.15) is 0 Å². The Bertz CT molecular complexity index is 693. The van der Waals surface area contributed by atoms with Gasteiger partial charge in [0.1, 0.15) is 11.2 Å². The van der Waals surface area contributed by atoms with Crippen LogP contribution in [0.25, 0.3) is 0 Å². The number of halogens is 2. The summed E-state index contributed by atoms with van der Waals surface area (Å²) in [5, 5.41) is 0.191. The smallest absolute Gasteiger partial charge is 0.192 e. The number of rotatable bonds is 3. The summed E-state index contributed by atoms with van der Waals surface area (Å²) in [6.07, 6.45) is 4.35. The Kier molecular flexibility index (Phi) is 4.10. The molecule has 126 valence electrons. The van der Waals surface area contributed by atoms with Crippen LogP contribution in [0.15, 0.2) is 33.2 Å². The van der Waals surface area contributed by atoms with Crippen LogP contribution in [0, 0.1) is 0 Å². The predicted molar refractivity (Wildman–Crippen MR) is 104 cm³/mol. The van der Waals surface area contributed by atoms with Crippen molar-refractivity contribution in [1.82, 2.24) is 0 Å². The second-order valence-electron chi connectivity index (χ2n) is 8.29. The lowest BCUT2D eigenvalue weighted by Gasteiger charge is -2.38. The zero-order valence-corrected chi connectivity index (χ0v) is 18.8. The highest BCUT2D eigenvalue weighted by Gasteiger charge is 2.54. The highest BCUT2D eigenvalue weighted by Crippen LogP contribution is 2.55. The summed E-state index contributed by atoms with van der Waals surface area (Å²) in [7, 11) is -1.82. The molecule has 23 heavy (non-hydrogen) atoms. The summed E-state index contributed by atoms with van der Waals surface area (Å²) in [4.78, 5) is 0. The van der Waals surface area contributed by atoms with Gasteiger partial charge < -0.3 is 9.16 Å². The first-order valence-corrected chi connectivity index (χ1v) is 12.4. The van der Waals surface area contributed by atoms with Crippen molar-refractivity contribution >= 4 is 40.2 Å². The Morgan fingerprint density at radius 2 is 1.65 bits per heavy atom. The first-order valence-electron chi connectivity index (χ1n) is 7.95. The van der Waals surface area contributed by atoms with Crippen molar-refractivity contribution in [3.8, 4) is 0 Å². The van der Waals surface area contributed by atoms with Crippen molar-refractivity contribution in [3.05, 3.63) is 44.4 Å². The minimum Gasteiger partial charge on any atom is -0.413 e. The maximum Gasteiger partial charge on any atom is 0.192 e. The van der Waals surface area contributed by atoms with Crippen LogP contribution >= 0.6 is 31.9 Å². The third-order valence-electron chi connectivity index (χ3n) is 5.57. The molecule has 1 aromatic carbocycles. The van der Waals surface area contributed by atoms with Crippen LogP contribution in [-0.4, -0.2) is 14.9 Å². The molecule has 2 heterocycles. The Balaban J connectivity index is 1.96. The topological polar surface area (TPSA) is 18.5 Å². The molecule has 0 spiro atoms. The van der Waals surface area contributed by atoms with E-state index in [4.69, 9.17) is 9.16 Å². The maximum absolute atomic E-state index is 6.51. The van der Waals surface area contributed by atoms with Gasteiger partial charge in [-0.15, -0.1) is 0 Å². The van der Waals surface area contributed by atoms with Crippen LogP contribution in [0.1, 0.15) is 38.8 Å². The van der Waals surface area contributed by atoms with E-state index in [-0.39, 0.29) is 10.6 Å². The van der Waals surface area contributed by atoms with Crippen LogP contribution in [-0.2, 0) is 20.4 Å². The summed E-state index contributed by atoms with van der Waals surface area (Å²) in [6, 6.07) is 4.33. The van der Waals surface area contributed by atoms with Crippen molar-refractivity contribution in [2.24, 2.45) is 0 Å². The highest BCUT2D eigenvalue weighted by atomic mass is 79.9. The van der Waals surface area contributed by atoms with E-state index < -0.39 is 13.9 Å². The van der Waals surface area contributed by atoms with E-state index in [1.165, 1.54) is 11.1 Å². The predicted octanol–water partition coefficient (Wildman–Crippen LogP) is 6.24. The fourth-order valence-electron chi connectivity index (χ4n) is 3.00. The third kappa shape index (κ3) is 2.73. The third-order valence-corrected chi connectivity index (χ3v) is 11.9. The van der Waals surface area contributed by atoms with E-state index in [2.05, 4.69) is 96.9 Å². The number of fused-ring (bicyclic) bond motifs is 5. The molecule has 0 amide bonds. The van der Waals surface area contributed by atoms with Gasteiger partial charge in [0, 0.05) is 8.95 Å². The maximum atomic E-state index is 6.51. The molecule has 0 saturated heterocycles. The second-order valence-corrected chi connectivity index (χ2v) is 14.8. The van der Waals surface area contributed by atoms with E-state index in [9.17, 15) is 0 Å². The van der Waals surface area contributed by atoms with E-state index in [1.54, 1.807) is 0 Å². The van der Waals surface area contributed by atoms with Crippen LogP contribution in [0.3, 0.4) is 0 Å². The average Bonchev–Trinajstić information content (AvgIpc) is 2.87. The molecule has 2 aliphatic rings. The van der Waals surface area contributed by atoms with Crippen molar-refractivity contribution in [3.63, 3.8) is 0 Å². The molecule has 2 nitrogen and oxygen atoms in total. The summed E-state index contributed by atoms with van der Waals surface area (Å²) in [5.41, 5.74) is 1.64. The summed E-state index contributed by atoms with van der Waals surface area (Å²) >= 11 is 7.23. The van der Waals surface area contributed by atoms with Crippen LogP contribution in [0.2, 0.25) is 18.1 Å². The van der Waals surface area contributed by atoms with Gasteiger partial charge in [-0.3, -0.25) is 0 Å². The molecule has 5 heteroatoms. The largest absolute Gasteiger partial charge is 0.413 e. The van der Waals surface area contributed by atoms with E-state index in [0.29, 0.717) is 6.61 Å². The molecule has 0 N–H and O–H groups in total. The molecule has 0 radical (unpaired) electrons. The normalized spacial score (nSPS) is 29.2. The molecular weight excluding hydrogens is 436 g/mol. The molecular formula is C18H24Br2O2Si. The molecule has 2 atom stereocenters. The van der Waals surface area contributed by atoms with Gasteiger partial charge >= 0.3 is 0 Å². The van der Waals surface area contributed by atoms with Crippen LogP contribution in [0.5, 0.6) is 0 Å². The minimum atomic E-state index is -1.82. The second kappa shape index (κ2) is 5.28. The van der Waals surface area contributed by atoms with Gasteiger partial charge in [-0.05, 0) is 92.3 Å². The number of benzene rings is 1. The van der Waals surface area contributed by atoms with E-state index >= 15 is 0 Å². The van der Waals surface area contributed by atoms with Crippen LogP contribution < -0.4 is 0 Å². The number of ether oxygens (including phenoxy) is 1. The Hall–Kier alpha value is 0.0569. The van der Waals surface area contributed by atoms with E-state index in [1.807, 2.05) is 0 Å². The van der Waals surface area contributed by atoms with Gasteiger partial charge in [0.2, 0.25) is 0 Å². The average molecular weight is 460 g/mol. The Labute approximate surface area is 157 Å². The lowest BCUT2D eigenvalue weighted by molar-refractivity contribution is -0.0831. The van der Waals surface area contributed by atoms with Gasteiger partial charge in [0.25, 0.3) is 0 Å². The SMILES string of the molecule is CC12C=CC(CO[Si](C)(C)C(C)(C)C)(O1)c1cc(Br)c(Br)cc12. The first-order chi connectivity index (χ1) is 10.4. The lowest BCUT2D eigenvalue weighted by atomic mass is 9.83. The fourth-order valence-corrected chi connectivity index (χ4v) is 4.69. The lowest BCUT2D eigenvalue weighted by Crippen LogP contribution is -2.44. The highest BCUT2D eigenvalue weighted by molar-refractivity contribution is 9.13. The quantitative estimate of drug-likeness (QED) is 0.393. The molecule has 2 bridgehead atoms. The molecule has 0 aromatic heterocycles. The molecule has 0 fully saturated rings. The van der Waals surface area contributed by atoms with Gasteiger partial charge in [-0.25, -0.2) is 0 Å². The first kappa shape index (κ1) is 17.9. The van der Waals surface area contributed by atoms with Gasteiger partial charge in [0.05, 0.1) is 6.61 Å². The zero-order chi connectivity index (χ0) is 17.3. The van der Waals surface area contributed by atoms with Crippen molar-refractivity contribution < 1.29 is 9.16 Å². The standard InChI is InChI=1S/C18H24Br2O2Si/c1-16(2,3)23(5,6)21-11-18-8-7-17(4,22-18)12-9-14(19)15(20)10-13(12)18/h7-10H,11H2,1-6H3. The monoisotopic (exact) mass is 458 g/mol. The molecule has 0 aliphatic carbocycles. The number of hydrogen-bond donors (Lipinski definition) is 0. The van der Waals surface area contributed by atoms with Crippen molar-refractivity contribution in [2.45, 2.75) is 57.0 Å². The van der Waals surface area contributed by atoms with E-state index in [0.717, 1.165) is 8.95 Å². The van der Waals surface area contributed by atoms with Gasteiger partial charge in [-0.1, -0.05) is 20.8 Å². The Morgan fingerprint density at radius 1 is 1.09 bits per heavy atom. The van der Waals surface area contributed by atoms with Crippen molar-refractivity contribution in [2.75, 3.05) is 6.61 Å². The summed E-state index contributed by atoms with van der Waals surface area (Å²) < 4.78 is 15.1. The molecule has 0 saturated carbocycles. The molecule has 2 unspecified atom stereocenters. The molecule has 1 aromatic rings.